The van der Waals surface area contributed by atoms with Crippen molar-refractivity contribution in [2.75, 3.05) is 78.5 Å². The first-order valence-electron chi connectivity index (χ1n) is 18.3. The molecule has 0 fully saturated rings. The van der Waals surface area contributed by atoms with Gasteiger partial charge in [0.25, 0.3) is 0 Å². The van der Waals surface area contributed by atoms with Crippen LogP contribution in [-0.4, -0.2) is 126 Å². The summed E-state index contributed by atoms with van der Waals surface area (Å²) < 4.78 is 0. The summed E-state index contributed by atoms with van der Waals surface area (Å²) in [4.78, 5) is 32.5. The lowest BCUT2D eigenvalue weighted by Gasteiger charge is -2.20. The van der Waals surface area contributed by atoms with Crippen molar-refractivity contribution >= 4 is 37.3 Å². The zero-order valence-electron chi connectivity index (χ0n) is 30.4. The quantitative estimate of drug-likeness (QED) is 0.0672. The molecular weight excluding hydrogens is 617 g/mol. The summed E-state index contributed by atoms with van der Waals surface area (Å²) in [6.45, 7) is 14.9. The van der Waals surface area contributed by atoms with Crippen molar-refractivity contribution in [3.8, 4) is 0 Å². The first-order chi connectivity index (χ1) is 24.8. The number of benzene rings is 3. The van der Waals surface area contributed by atoms with Crippen molar-refractivity contribution in [1.29, 1.82) is 0 Å². The van der Waals surface area contributed by atoms with Crippen LogP contribution in [0.25, 0.3) is 0 Å². The van der Waals surface area contributed by atoms with Crippen LogP contribution >= 0.6 is 0 Å². The van der Waals surface area contributed by atoms with Gasteiger partial charge >= 0.3 is 0 Å². The van der Waals surface area contributed by atoms with Gasteiger partial charge in [-0.25, -0.2) is 0 Å². The minimum atomic E-state index is 0.778. The van der Waals surface area contributed by atoms with Crippen LogP contribution in [0.5, 0.6) is 0 Å². The number of hydrogen-bond acceptors (Lipinski definition) is 8. The highest BCUT2D eigenvalue weighted by atomic mass is 15.1. The normalized spacial score (nSPS) is 12.6. The van der Waals surface area contributed by atoms with E-state index in [2.05, 4.69) is 78.3 Å². The Bertz CT molecular complexity index is 1450. The highest BCUT2D eigenvalue weighted by Gasteiger charge is 2.05. The van der Waals surface area contributed by atoms with E-state index in [0.29, 0.717) is 0 Å². The van der Waals surface area contributed by atoms with E-state index in [9.17, 15) is 0 Å². The lowest BCUT2D eigenvalue weighted by Crippen LogP contribution is -2.29. The molecule has 3 aromatic rings. The lowest BCUT2D eigenvalue weighted by atomic mass is 10.1. The summed E-state index contributed by atoms with van der Waals surface area (Å²) in [5.41, 5.74) is 4.50. The molecule has 0 amide bonds. The van der Waals surface area contributed by atoms with Crippen molar-refractivity contribution in [2.24, 2.45) is 30.0 Å². The van der Waals surface area contributed by atoms with E-state index in [1.165, 1.54) is 0 Å². The van der Waals surface area contributed by atoms with Gasteiger partial charge in [-0.3, -0.25) is 30.0 Å². The minimum Gasteiger partial charge on any atom is -0.301 e. The summed E-state index contributed by atoms with van der Waals surface area (Å²) in [5.74, 6) is 0. The van der Waals surface area contributed by atoms with Gasteiger partial charge in [-0.15, -0.1) is 0 Å². The molecule has 3 aromatic carbocycles. The van der Waals surface area contributed by atoms with Crippen molar-refractivity contribution in [3.63, 3.8) is 0 Å². The molecule has 8 nitrogen and oxygen atoms in total. The van der Waals surface area contributed by atoms with Crippen molar-refractivity contribution in [1.82, 2.24) is 9.80 Å². The minimum absolute atomic E-state index is 0.778. The Morgan fingerprint density at radius 3 is 1.16 bits per heavy atom. The van der Waals surface area contributed by atoms with Gasteiger partial charge in [-0.2, -0.15) is 0 Å². The van der Waals surface area contributed by atoms with Crippen molar-refractivity contribution < 1.29 is 0 Å². The molecule has 0 aliphatic carbocycles. The predicted octanol–water partition coefficient (Wildman–Crippen LogP) is 7.11. The number of aliphatic imine (C=N–C) groups is 6. The zero-order valence-corrected chi connectivity index (χ0v) is 30.4. The van der Waals surface area contributed by atoms with Gasteiger partial charge < -0.3 is 9.80 Å². The molecule has 0 saturated heterocycles. The van der Waals surface area contributed by atoms with Gasteiger partial charge in [0, 0.05) is 64.1 Å². The molecule has 0 N–H and O–H groups in total. The fourth-order valence-electron chi connectivity index (χ4n) is 5.35. The van der Waals surface area contributed by atoms with E-state index in [-0.39, 0.29) is 0 Å². The van der Waals surface area contributed by atoms with Crippen molar-refractivity contribution in [3.05, 3.63) is 107 Å². The second-order valence-electron chi connectivity index (χ2n) is 12.1. The Hall–Kier alpha value is -4.40. The first kappa shape index (κ1) is 40.0. The highest BCUT2D eigenvalue weighted by molar-refractivity contribution is 5.86. The number of rotatable bonds is 26. The Morgan fingerprint density at radius 2 is 0.720 bits per heavy atom. The van der Waals surface area contributed by atoms with Crippen LogP contribution in [0, 0.1) is 0 Å². The van der Waals surface area contributed by atoms with Crippen LogP contribution in [0.1, 0.15) is 61.8 Å². The van der Waals surface area contributed by atoms with Crippen LogP contribution in [0.4, 0.5) is 0 Å². The molecule has 8 heteroatoms. The van der Waals surface area contributed by atoms with Gasteiger partial charge in [0.2, 0.25) is 0 Å². The molecule has 266 valence electrons. The average Bonchev–Trinajstić information content (AvgIpc) is 3.15. The van der Waals surface area contributed by atoms with Crippen LogP contribution < -0.4 is 0 Å². The SMILES string of the molecule is CC=NCCCN(CCCN=Cc1cccc(C=NCCCN(CCCN=Cc2ccccc2)CCN=Cc2ccccc2)c1)CCN=CC. The second-order valence-corrected chi connectivity index (χ2v) is 12.1. The summed E-state index contributed by atoms with van der Waals surface area (Å²) >= 11 is 0. The largest absolute Gasteiger partial charge is 0.301 e. The predicted molar refractivity (Wildman–Crippen MR) is 219 cm³/mol. The van der Waals surface area contributed by atoms with Crippen LogP contribution in [-0.2, 0) is 0 Å². The summed E-state index contributed by atoms with van der Waals surface area (Å²) in [6, 6.07) is 29.0. The molecular formula is C42H58N8. The Morgan fingerprint density at radius 1 is 0.380 bits per heavy atom. The molecule has 3 rings (SSSR count). The van der Waals surface area contributed by atoms with Crippen LogP contribution in [0.15, 0.2) is 115 Å². The number of nitrogens with zero attached hydrogens (tertiary/aromatic N) is 8. The van der Waals surface area contributed by atoms with E-state index >= 15 is 0 Å². The fourth-order valence-corrected chi connectivity index (χ4v) is 5.35. The molecule has 0 aliphatic rings. The zero-order chi connectivity index (χ0) is 35.2. The third-order valence-corrected chi connectivity index (χ3v) is 7.97. The maximum atomic E-state index is 4.76. The molecule has 50 heavy (non-hydrogen) atoms. The molecule has 0 spiro atoms. The van der Waals surface area contributed by atoms with E-state index in [1.807, 2.05) is 87.5 Å². The average molecular weight is 675 g/mol. The second kappa shape index (κ2) is 27.4. The Kier molecular flexibility index (Phi) is 22.0. The van der Waals surface area contributed by atoms with Crippen LogP contribution in [0.2, 0.25) is 0 Å². The topological polar surface area (TPSA) is 80.6 Å². The standard InChI is InChI=1S/C42H58N8/c1-3-43-22-12-28-49(32-26-44-4-2)29-14-24-46-37-41-20-11-21-42(34-41)38-47-25-15-31-50(33-27-48-36-40-18-9-6-10-19-40)30-13-23-45-35-39-16-7-5-8-17-39/h3-11,16-21,34-38H,12-15,22-33H2,1-2H3. The summed E-state index contributed by atoms with van der Waals surface area (Å²) in [7, 11) is 0. The molecule has 0 atom stereocenters. The van der Waals surface area contributed by atoms with Gasteiger partial charge in [-0.05, 0) is 106 Å². The maximum absolute atomic E-state index is 4.76. The summed E-state index contributed by atoms with van der Waals surface area (Å²) in [6.07, 6.45) is 15.8. The van der Waals surface area contributed by atoms with E-state index in [1.54, 1.807) is 0 Å². The molecule has 0 saturated carbocycles. The van der Waals surface area contributed by atoms with E-state index in [0.717, 1.165) is 126 Å². The van der Waals surface area contributed by atoms with E-state index in [4.69, 9.17) is 9.98 Å². The monoisotopic (exact) mass is 674 g/mol. The fraction of sp³-hybridized carbons (Fsp3) is 0.429. The molecule has 0 bridgehead atoms. The Balaban J connectivity index is 1.41. The molecule has 0 heterocycles. The van der Waals surface area contributed by atoms with Crippen molar-refractivity contribution in [2.45, 2.75) is 39.5 Å². The summed E-state index contributed by atoms with van der Waals surface area (Å²) in [5, 5.41) is 0. The highest BCUT2D eigenvalue weighted by Crippen LogP contribution is 2.04. The number of hydrogen-bond donors (Lipinski definition) is 0. The Labute approximate surface area is 301 Å². The van der Waals surface area contributed by atoms with Gasteiger partial charge in [0.1, 0.15) is 0 Å². The molecule has 0 unspecified atom stereocenters. The molecule has 0 radical (unpaired) electrons. The lowest BCUT2D eigenvalue weighted by molar-refractivity contribution is 0.278. The molecule has 0 aromatic heterocycles. The first-order valence-corrected chi connectivity index (χ1v) is 18.3. The third kappa shape index (κ3) is 19.6. The van der Waals surface area contributed by atoms with Gasteiger partial charge in [0.05, 0.1) is 13.1 Å². The third-order valence-electron chi connectivity index (χ3n) is 7.97. The van der Waals surface area contributed by atoms with Gasteiger partial charge in [0.15, 0.2) is 0 Å². The van der Waals surface area contributed by atoms with Crippen LogP contribution in [0.3, 0.4) is 0 Å². The van der Waals surface area contributed by atoms with Gasteiger partial charge in [-0.1, -0.05) is 78.9 Å². The van der Waals surface area contributed by atoms with E-state index < -0.39 is 0 Å². The smallest absolute Gasteiger partial charge is 0.0517 e. The maximum Gasteiger partial charge on any atom is 0.0517 e. The molecule has 0 aliphatic heterocycles.